The zero-order valence-corrected chi connectivity index (χ0v) is 15.8. The summed E-state index contributed by atoms with van der Waals surface area (Å²) in [6.07, 6.45) is 3.03. The molecule has 1 aliphatic heterocycles. The number of ether oxygens (including phenoxy) is 1. The fraction of sp³-hybridized carbons (Fsp3) is 0.500. The summed E-state index contributed by atoms with van der Waals surface area (Å²) in [7, 11) is 3.94. The molecule has 1 aromatic carbocycles. The average molecular weight is 357 g/mol. The number of nitrogens with one attached hydrogen (secondary N) is 2. The number of allylic oxidation sites excluding steroid dienone is 1. The fourth-order valence-electron chi connectivity index (χ4n) is 3.67. The Morgan fingerprint density at radius 1 is 1.19 bits per heavy atom. The molecule has 0 bridgehead atoms. The van der Waals surface area contributed by atoms with E-state index in [2.05, 4.69) is 17.6 Å². The summed E-state index contributed by atoms with van der Waals surface area (Å²) in [6, 6.07) is 7.00. The number of nitrogens with zero attached hydrogens (tertiary/aromatic N) is 1. The lowest BCUT2D eigenvalue weighted by atomic mass is 9.95. The third-order valence-electron chi connectivity index (χ3n) is 5.27. The van der Waals surface area contributed by atoms with Crippen LogP contribution in [0.1, 0.15) is 44.7 Å². The second-order valence-electron chi connectivity index (χ2n) is 7.41. The van der Waals surface area contributed by atoms with Gasteiger partial charge in [0.2, 0.25) is 0 Å². The summed E-state index contributed by atoms with van der Waals surface area (Å²) in [5.74, 6) is 0.0271. The van der Waals surface area contributed by atoms with Crippen LogP contribution in [-0.4, -0.2) is 32.2 Å². The van der Waals surface area contributed by atoms with Gasteiger partial charge in [0.15, 0.2) is 0 Å². The van der Waals surface area contributed by atoms with Crippen molar-refractivity contribution in [3.63, 3.8) is 0 Å². The number of carbonyl (C=O) groups is 2. The van der Waals surface area contributed by atoms with E-state index in [1.165, 1.54) is 0 Å². The highest BCUT2D eigenvalue weighted by atomic mass is 16.5. The molecule has 1 aliphatic carbocycles. The molecule has 0 radical (unpaired) electrons. The normalized spacial score (nSPS) is 25.5. The van der Waals surface area contributed by atoms with E-state index in [1.807, 2.05) is 43.3 Å². The Morgan fingerprint density at radius 2 is 1.88 bits per heavy atom. The number of anilines is 1. The third-order valence-corrected chi connectivity index (χ3v) is 5.27. The van der Waals surface area contributed by atoms with E-state index in [9.17, 15) is 9.59 Å². The largest absolute Gasteiger partial charge is 0.459 e. The molecule has 3 rings (SSSR count). The first kappa shape index (κ1) is 18.3. The minimum Gasteiger partial charge on any atom is -0.459 e. The van der Waals surface area contributed by atoms with Gasteiger partial charge in [-0.15, -0.1) is 0 Å². The maximum Gasteiger partial charge on any atom is 0.338 e. The van der Waals surface area contributed by atoms with E-state index in [4.69, 9.17) is 4.74 Å². The van der Waals surface area contributed by atoms with E-state index in [1.54, 1.807) is 6.92 Å². The monoisotopic (exact) mass is 357 g/mol. The van der Waals surface area contributed by atoms with Crippen molar-refractivity contribution in [3.05, 3.63) is 41.1 Å². The van der Waals surface area contributed by atoms with Crippen molar-refractivity contribution in [1.29, 1.82) is 0 Å². The zero-order chi connectivity index (χ0) is 18.8. The van der Waals surface area contributed by atoms with Crippen molar-refractivity contribution in [2.75, 3.05) is 19.0 Å². The predicted molar refractivity (Wildman–Crippen MR) is 101 cm³/mol. The van der Waals surface area contributed by atoms with E-state index < -0.39 is 6.04 Å². The van der Waals surface area contributed by atoms with Gasteiger partial charge in [0.1, 0.15) is 6.10 Å². The van der Waals surface area contributed by atoms with Crippen molar-refractivity contribution in [2.45, 2.75) is 45.3 Å². The topological polar surface area (TPSA) is 70.7 Å². The van der Waals surface area contributed by atoms with Crippen molar-refractivity contribution in [3.8, 4) is 0 Å². The summed E-state index contributed by atoms with van der Waals surface area (Å²) >= 11 is 0. The molecule has 2 amide bonds. The lowest BCUT2D eigenvalue weighted by Crippen LogP contribution is -2.45. The predicted octanol–water partition coefficient (Wildman–Crippen LogP) is 3.11. The van der Waals surface area contributed by atoms with Gasteiger partial charge in [0, 0.05) is 25.5 Å². The van der Waals surface area contributed by atoms with Gasteiger partial charge >= 0.3 is 12.0 Å². The standard InChI is InChI=1S/C20H27N3O3/c1-12-6-5-7-16(12)26-19(24)17-13(2)21-20(25)22-18(17)14-8-10-15(11-9-14)23(3)4/h8-12,16,18H,5-7H2,1-4H3,(H2,21,22,25)/t12-,16+,18-/m1/s1. The van der Waals surface area contributed by atoms with Crippen LogP contribution < -0.4 is 15.5 Å². The van der Waals surface area contributed by atoms with Crippen LogP contribution in [0.2, 0.25) is 0 Å². The molecular formula is C20H27N3O3. The number of carbonyl (C=O) groups excluding carboxylic acids is 2. The van der Waals surface area contributed by atoms with Crippen molar-refractivity contribution in [2.24, 2.45) is 5.92 Å². The molecule has 1 saturated carbocycles. The number of amides is 2. The van der Waals surface area contributed by atoms with Gasteiger partial charge in [-0.25, -0.2) is 9.59 Å². The smallest absolute Gasteiger partial charge is 0.338 e. The average Bonchev–Trinajstić information content (AvgIpc) is 2.99. The molecule has 140 valence electrons. The second kappa shape index (κ2) is 7.40. The molecule has 2 aliphatic rings. The van der Waals surface area contributed by atoms with Gasteiger partial charge in [-0.05, 0) is 49.8 Å². The Bertz CT molecular complexity index is 724. The van der Waals surface area contributed by atoms with E-state index in [0.717, 1.165) is 30.5 Å². The lowest BCUT2D eigenvalue weighted by molar-refractivity contribution is -0.146. The van der Waals surface area contributed by atoms with Crippen LogP contribution in [-0.2, 0) is 9.53 Å². The van der Waals surface area contributed by atoms with Crippen LogP contribution in [0, 0.1) is 5.92 Å². The second-order valence-corrected chi connectivity index (χ2v) is 7.41. The maximum absolute atomic E-state index is 12.9. The van der Waals surface area contributed by atoms with Crippen molar-refractivity contribution < 1.29 is 14.3 Å². The van der Waals surface area contributed by atoms with Gasteiger partial charge in [-0.2, -0.15) is 0 Å². The highest BCUT2D eigenvalue weighted by molar-refractivity contribution is 5.95. The molecule has 6 nitrogen and oxygen atoms in total. The molecule has 26 heavy (non-hydrogen) atoms. The van der Waals surface area contributed by atoms with Crippen LogP contribution in [0.4, 0.5) is 10.5 Å². The molecule has 3 atom stereocenters. The maximum atomic E-state index is 12.9. The number of urea groups is 1. The Labute approximate surface area is 154 Å². The first-order valence-electron chi connectivity index (χ1n) is 9.13. The van der Waals surface area contributed by atoms with Crippen LogP contribution >= 0.6 is 0 Å². The first-order valence-corrected chi connectivity index (χ1v) is 9.13. The summed E-state index contributed by atoms with van der Waals surface area (Å²) in [5.41, 5.74) is 2.93. The summed E-state index contributed by atoms with van der Waals surface area (Å²) in [6.45, 7) is 3.86. The van der Waals surface area contributed by atoms with E-state index in [0.29, 0.717) is 17.2 Å². The minimum atomic E-state index is -0.510. The Kier molecular flexibility index (Phi) is 5.20. The van der Waals surface area contributed by atoms with Crippen LogP contribution in [0.15, 0.2) is 35.5 Å². The van der Waals surface area contributed by atoms with Gasteiger partial charge in [-0.1, -0.05) is 19.1 Å². The molecule has 1 heterocycles. The number of benzene rings is 1. The van der Waals surface area contributed by atoms with Gasteiger partial charge in [0.05, 0.1) is 11.6 Å². The minimum absolute atomic E-state index is 0.0443. The molecule has 0 saturated heterocycles. The first-order chi connectivity index (χ1) is 12.4. The summed E-state index contributed by atoms with van der Waals surface area (Å²) < 4.78 is 5.79. The molecule has 2 N–H and O–H groups in total. The number of hydrogen-bond donors (Lipinski definition) is 2. The molecule has 1 fully saturated rings. The summed E-state index contributed by atoms with van der Waals surface area (Å²) in [5, 5.41) is 5.55. The Morgan fingerprint density at radius 3 is 2.46 bits per heavy atom. The van der Waals surface area contributed by atoms with Gasteiger partial charge in [0.25, 0.3) is 0 Å². The quantitative estimate of drug-likeness (QED) is 0.813. The van der Waals surface area contributed by atoms with Crippen molar-refractivity contribution >= 4 is 17.7 Å². The Balaban J connectivity index is 1.87. The van der Waals surface area contributed by atoms with E-state index in [-0.39, 0.29) is 18.1 Å². The molecular weight excluding hydrogens is 330 g/mol. The summed E-state index contributed by atoms with van der Waals surface area (Å²) in [4.78, 5) is 26.9. The van der Waals surface area contributed by atoms with Gasteiger partial charge in [-0.3, -0.25) is 0 Å². The molecule has 0 spiro atoms. The van der Waals surface area contributed by atoms with Crippen LogP contribution in [0.5, 0.6) is 0 Å². The fourth-order valence-corrected chi connectivity index (χ4v) is 3.67. The Hall–Kier alpha value is -2.50. The number of hydrogen-bond acceptors (Lipinski definition) is 4. The van der Waals surface area contributed by atoms with Crippen LogP contribution in [0.25, 0.3) is 0 Å². The number of esters is 1. The molecule has 0 aromatic heterocycles. The van der Waals surface area contributed by atoms with Crippen LogP contribution in [0.3, 0.4) is 0 Å². The zero-order valence-electron chi connectivity index (χ0n) is 15.8. The number of rotatable bonds is 4. The highest BCUT2D eigenvalue weighted by Gasteiger charge is 2.35. The molecule has 0 unspecified atom stereocenters. The van der Waals surface area contributed by atoms with Crippen molar-refractivity contribution in [1.82, 2.24) is 10.6 Å². The molecule has 1 aromatic rings. The van der Waals surface area contributed by atoms with E-state index >= 15 is 0 Å². The highest BCUT2D eigenvalue weighted by Crippen LogP contribution is 2.32. The third kappa shape index (κ3) is 3.69. The molecule has 6 heteroatoms. The lowest BCUT2D eigenvalue weighted by Gasteiger charge is -2.29. The SMILES string of the molecule is CC1=C(C(=O)O[C@H]2CCC[C@H]2C)[C@@H](c2ccc(N(C)C)cc2)NC(=O)N1. The van der Waals surface area contributed by atoms with Gasteiger partial charge < -0.3 is 20.3 Å².